The second kappa shape index (κ2) is 35.5. The van der Waals surface area contributed by atoms with Crippen LogP contribution in [0.25, 0.3) is 122 Å². The van der Waals surface area contributed by atoms with Gasteiger partial charge in [-0.3, -0.25) is 4.79 Å². The second-order valence-electron chi connectivity index (χ2n) is 34.1. The van der Waals surface area contributed by atoms with E-state index in [0.29, 0.717) is 39.3 Å². The fraction of sp³-hybridized carbons (Fsp3) is 0.0678. The number of halogens is 4. The van der Waals surface area contributed by atoms with E-state index in [1.165, 1.54) is 106 Å². The lowest BCUT2D eigenvalue weighted by atomic mass is 9.66. The summed E-state index contributed by atoms with van der Waals surface area (Å²) in [4.78, 5) is 26.9. The summed E-state index contributed by atoms with van der Waals surface area (Å²) in [6.07, 6.45) is 0. The first-order valence-corrected chi connectivity index (χ1v) is 47.1. The molecule has 3 aliphatic heterocycles. The van der Waals surface area contributed by atoms with Crippen LogP contribution in [0.15, 0.2) is 452 Å². The van der Waals surface area contributed by atoms with Gasteiger partial charge in [0.1, 0.15) is 34.2 Å². The molecule has 0 radical (unpaired) electrons. The molecule has 18 aromatic carbocycles. The SMILES string of the molecule is Brc1cccc2c1-c1ccccc1C21c2ccccc2Oc2ccc(-c3ccccc3)cc21.Brc1cccc2c1-c1ccccc1C21c2ccccc2Oc2ccc(-c3ccccc3)cc21.Brc1ccccc1-c1ccccc1Br.CC1(C)OB(c2nc(-c3ccccc3)nc(-c3ccc4ccccc4c3)n2)OC1(C)C.O=c1c2ccccc2oc2ccc(-c3ccccc3)cc12. The van der Waals surface area contributed by atoms with Crippen molar-refractivity contribution in [3.63, 3.8) is 0 Å². The number of ether oxygens (including phenoxy) is 2. The van der Waals surface area contributed by atoms with Crippen LogP contribution >= 0.6 is 63.7 Å². The lowest BCUT2D eigenvalue weighted by molar-refractivity contribution is 0.00578. The van der Waals surface area contributed by atoms with Gasteiger partial charge >= 0.3 is 7.12 Å². The molecular weight excluding hydrogens is 1890 g/mol. The molecule has 2 unspecified atom stereocenters. The van der Waals surface area contributed by atoms with Crippen LogP contribution < -0.4 is 20.6 Å². The topological polar surface area (TPSA) is 106 Å². The number of rotatable bonds is 7. The minimum absolute atomic E-state index is 0.0182. The molecule has 25 rings (SSSR count). The highest BCUT2D eigenvalue weighted by molar-refractivity contribution is 9.11. The minimum atomic E-state index is -0.658. The second-order valence-corrected chi connectivity index (χ2v) is 37.5. The summed E-state index contributed by atoms with van der Waals surface area (Å²) < 4.78 is 35.8. The molecule has 0 N–H and O–H groups in total. The Labute approximate surface area is 800 Å². The molecule has 0 saturated carbocycles. The zero-order valence-corrected chi connectivity index (χ0v) is 78.6. The molecule has 0 amide bonds. The summed E-state index contributed by atoms with van der Waals surface area (Å²) in [5, 5.41) is 3.55. The van der Waals surface area contributed by atoms with Crippen molar-refractivity contribution in [2.24, 2.45) is 0 Å². The van der Waals surface area contributed by atoms with Gasteiger partial charge < -0.3 is 23.2 Å². The Balaban J connectivity index is 0.000000102. The van der Waals surface area contributed by atoms with Gasteiger partial charge in [0.25, 0.3) is 0 Å². The zero-order chi connectivity index (χ0) is 89.8. The normalized spacial score (nSPS) is 15.4. The van der Waals surface area contributed by atoms with Gasteiger partial charge in [0.2, 0.25) is 5.43 Å². The Bertz CT molecular complexity index is 7620. The van der Waals surface area contributed by atoms with Crippen LogP contribution in [0.3, 0.4) is 0 Å². The van der Waals surface area contributed by atoms with E-state index in [-0.39, 0.29) is 5.43 Å². The summed E-state index contributed by atoms with van der Waals surface area (Å²) >= 11 is 14.8. The molecular formula is C118H82BBr4N3O6. The molecule has 1 saturated heterocycles. The summed E-state index contributed by atoms with van der Waals surface area (Å²) in [5.41, 5.74) is 26.1. The van der Waals surface area contributed by atoms with Crippen LogP contribution in [-0.2, 0) is 20.1 Å². The Kier molecular flexibility index (Phi) is 22.9. The first kappa shape index (κ1) is 85.0. The number of benzene rings is 18. The van der Waals surface area contributed by atoms with Crippen LogP contribution in [0, 0.1) is 0 Å². The molecule has 1 fully saturated rings. The molecule has 9 nitrogen and oxygen atoms in total. The fourth-order valence-electron chi connectivity index (χ4n) is 19.0. The zero-order valence-electron chi connectivity index (χ0n) is 72.3. The van der Waals surface area contributed by atoms with E-state index in [9.17, 15) is 4.79 Å². The summed E-state index contributed by atoms with van der Waals surface area (Å²) in [6, 6.07) is 146. The van der Waals surface area contributed by atoms with Crippen molar-refractivity contribution in [3.05, 3.63) is 497 Å². The highest BCUT2D eigenvalue weighted by Gasteiger charge is 2.55. The molecule has 20 aromatic rings. The Morgan fingerprint density at radius 3 is 1.12 bits per heavy atom. The van der Waals surface area contributed by atoms with Crippen LogP contribution in [0.1, 0.15) is 72.2 Å². The molecule has 5 heterocycles. The average Bonchev–Trinajstić information content (AvgIpc) is 1.51. The molecule has 14 heteroatoms. The van der Waals surface area contributed by atoms with Crippen molar-refractivity contribution in [1.82, 2.24) is 15.0 Å². The maximum absolute atomic E-state index is 12.6. The largest absolute Gasteiger partial charge is 0.534 e. The predicted octanol–water partition coefficient (Wildman–Crippen LogP) is 31.3. The third kappa shape index (κ3) is 15.3. The fourth-order valence-corrected chi connectivity index (χ4v) is 21.2. The summed E-state index contributed by atoms with van der Waals surface area (Å²) in [5.74, 6) is 4.86. The van der Waals surface area contributed by atoms with Gasteiger partial charge in [0, 0.05) is 62.4 Å². The molecule has 2 aromatic heterocycles. The average molecular weight is 1970 g/mol. The molecule has 5 aliphatic rings. The lowest BCUT2D eigenvalue weighted by Crippen LogP contribution is -2.41. The maximum atomic E-state index is 12.6. The third-order valence-corrected chi connectivity index (χ3v) is 28.6. The summed E-state index contributed by atoms with van der Waals surface area (Å²) in [6.45, 7) is 8.10. The minimum Gasteiger partial charge on any atom is -0.457 e. The highest BCUT2D eigenvalue weighted by atomic mass is 79.9. The van der Waals surface area contributed by atoms with Crippen LogP contribution in [0.4, 0.5) is 0 Å². The number of aromatic nitrogens is 3. The standard InChI is InChI=1S/2C31H19BrO.C25H24BN3O2.C19H12O2.C12H8Br2/c2*32-27-15-8-14-25-30(27)22-11-4-5-12-23(22)31(25)24-13-6-7-16-28(24)33-29-18-17-21(19-26(29)31)20-9-2-1-3-10-20;1-24(2)25(3,4)31-26(30-24)23-28-21(18-11-6-5-7-12-18)27-22(29-23)20-15-14-17-10-8-9-13-19(17)16-20;20-19-15-8-4-5-9-17(15)21-18-11-10-14(12-16(18)19)13-6-2-1-3-7-13;13-11-7-3-1-5-9(11)10-6-2-4-8-12(10)14/h2*1-19H;5-16H,1-4H3;1-12H;1-8H. The van der Waals surface area contributed by atoms with Crippen molar-refractivity contribution < 1.29 is 23.2 Å². The quantitative estimate of drug-likeness (QED) is 0.114. The van der Waals surface area contributed by atoms with Crippen molar-refractivity contribution >= 4 is 109 Å². The van der Waals surface area contributed by atoms with Gasteiger partial charge in [0.15, 0.2) is 17.4 Å². The van der Waals surface area contributed by atoms with Gasteiger partial charge in [-0.25, -0.2) is 15.0 Å². The van der Waals surface area contributed by atoms with Crippen molar-refractivity contribution in [2.45, 2.75) is 49.7 Å². The molecule has 2 atom stereocenters. The van der Waals surface area contributed by atoms with Gasteiger partial charge in [-0.05, 0) is 207 Å². The van der Waals surface area contributed by atoms with Gasteiger partial charge in [0.05, 0.1) is 32.8 Å². The van der Waals surface area contributed by atoms with Gasteiger partial charge in [-0.2, -0.15) is 0 Å². The monoisotopic (exact) mass is 1960 g/mol. The lowest BCUT2D eigenvalue weighted by Gasteiger charge is -2.39. The number of nitrogens with zero attached hydrogens (tertiary/aromatic N) is 3. The van der Waals surface area contributed by atoms with Crippen LogP contribution in [0.2, 0.25) is 0 Å². The van der Waals surface area contributed by atoms with E-state index in [1.54, 1.807) is 6.07 Å². The van der Waals surface area contributed by atoms with Crippen LogP contribution in [-0.4, -0.2) is 33.3 Å². The predicted molar refractivity (Wildman–Crippen MR) is 551 cm³/mol. The van der Waals surface area contributed by atoms with E-state index in [1.807, 2.05) is 167 Å². The number of fused-ring (bicyclic) bond motifs is 21. The number of para-hydroxylation sites is 3. The van der Waals surface area contributed by atoms with Crippen molar-refractivity contribution in [2.75, 3.05) is 0 Å². The van der Waals surface area contributed by atoms with Gasteiger partial charge in [-0.15, -0.1) is 0 Å². The van der Waals surface area contributed by atoms with E-state index in [4.69, 9.17) is 38.2 Å². The van der Waals surface area contributed by atoms with E-state index in [2.05, 4.69) is 343 Å². The molecule has 2 spiro atoms. The van der Waals surface area contributed by atoms with Gasteiger partial charge in [-0.1, -0.05) is 397 Å². The number of hydrogen-bond acceptors (Lipinski definition) is 9. The van der Waals surface area contributed by atoms with E-state index in [0.717, 1.165) is 68.5 Å². The maximum Gasteiger partial charge on any atom is 0.534 e. The van der Waals surface area contributed by atoms with Crippen molar-refractivity contribution in [1.29, 1.82) is 0 Å². The Morgan fingerprint density at radius 2 is 0.621 bits per heavy atom. The smallest absolute Gasteiger partial charge is 0.457 e. The first-order chi connectivity index (χ1) is 64.5. The Hall–Kier alpha value is -13.8. The highest BCUT2D eigenvalue weighted by Crippen LogP contribution is 2.66. The molecule has 132 heavy (non-hydrogen) atoms. The first-order valence-electron chi connectivity index (χ1n) is 43.9. The number of hydrogen-bond donors (Lipinski definition) is 0. The molecule has 636 valence electrons. The van der Waals surface area contributed by atoms with Crippen molar-refractivity contribution in [3.8, 4) is 113 Å². The molecule has 0 bridgehead atoms. The van der Waals surface area contributed by atoms with Crippen LogP contribution in [0.5, 0.6) is 23.0 Å². The molecule has 2 aliphatic carbocycles. The van der Waals surface area contributed by atoms with E-state index >= 15 is 0 Å². The summed E-state index contributed by atoms with van der Waals surface area (Å²) in [7, 11) is -0.658. The Morgan fingerprint density at radius 1 is 0.258 bits per heavy atom. The third-order valence-electron chi connectivity index (χ3n) is 25.9. The van der Waals surface area contributed by atoms with E-state index < -0.39 is 29.2 Å².